The lowest BCUT2D eigenvalue weighted by Crippen LogP contribution is -2.15. The second-order valence-corrected chi connectivity index (χ2v) is 4.39. The molecule has 0 unspecified atom stereocenters. The second kappa shape index (κ2) is 5.49. The lowest BCUT2D eigenvalue weighted by Gasteiger charge is -2.07. The Morgan fingerprint density at radius 1 is 1.28 bits per heavy atom. The third-order valence-electron chi connectivity index (χ3n) is 2.57. The zero-order chi connectivity index (χ0) is 13.0. The normalized spacial score (nSPS) is 10.6. The van der Waals surface area contributed by atoms with Crippen LogP contribution in [0.15, 0.2) is 41.3 Å². The van der Waals surface area contributed by atoms with E-state index >= 15 is 0 Å². The highest BCUT2D eigenvalue weighted by Gasteiger charge is 2.06. The smallest absolute Gasteiger partial charge is 0.293 e. The molecule has 2 rings (SSSR count). The number of nitrogens with zero attached hydrogens (tertiary/aromatic N) is 1. The van der Waals surface area contributed by atoms with Crippen LogP contribution in [0.4, 0.5) is 0 Å². The molecule has 0 saturated carbocycles. The SMILES string of the molecule is CC(C)c1ncc(OCc2ccccc2)c(=O)[nH]1. The van der Waals surface area contributed by atoms with Crippen molar-refractivity contribution in [3.63, 3.8) is 0 Å². The zero-order valence-corrected chi connectivity index (χ0v) is 10.5. The Morgan fingerprint density at radius 2 is 2.00 bits per heavy atom. The number of nitrogens with one attached hydrogen (secondary N) is 1. The molecule has 94 valence electrons. The third-order valence-corrected chi connectivity index (χ3v) is 2.57. The Labute approximate surface area is 106 Å². The molecule has 18 heavy (non-hydrogen) atoms. The minimum absolute atomic E-state index is 0.195. The molecule has 0 bridgehead atoms. The predicted molar refractivity (Wildman–Crippen MR) is 69.7 cm³/mol. The lowest BCUT2D eigenvalue weighted by atomic mass is 10.2. The van der Waals surface area contributed by atoms with Gasteiger partial charge in [0.15, 0.2) is 0 Å². The Morgan fingerprint density at radius 3 is 2.61 bits per heavy atom. The van der Waals surface area contributed by atoms with Crippen molar-refractivity contribution < 1.29 is 4.74 Å². The molecule has 1 aromatic carbocycles. The molecule has 0 aliphatic heterocycles. The number of benzene rings is 1. The van der Waals surface area contributed by atoms with Gasteiger partial charge in [-0.05, 0) is 5.56 Å². The van der Waals surface area contributed by atoms with Gasteiger partial charge in [0, 0.05) is 5.92 Å². The van der Waals surface area contributed by atoms with E-state index < -0.39 is 0 Å². The van der Waals surface area contributed by atoms with Crippen LogP contribution in [-0.4, -0.2) is 9.97 Å². The second-order valence-electron chi connectivity index (χ2n) is 4.39. The van der Waals surface area contributed by atoms with Gasteiger partial charge < -0.3 is 9.72 Å². The van der Waals surface area contributed by atoms with E-state index in [4.69, 9.17) is 4.74 Å². The van der Waals surface area contributed by atoms with Crippen molar-refractivity contribution in [2.24, 2.45) is 0 Å². The molecule has 1 N–H and O–H groups in total. The first-order valence-corrected chi connectivity index (χ1v) is 5.93. The van der Waals surface area contributed by atoms with Gasteiger partial charge in [0.25, 0.3) is 5.56 Å². The van der Waals surface area contributed by atoms with E-state index in [-0.39, 0.29) is 17.2 Å². The lowest BCUT2D eigenvalue weighted by molar-refractivity contribution is 0.299. The van der Waals surface area contributed by atoms with Gasteiger partial charge in [0.1, 0.15) is 12.4 Å². The molecule has 1 heterocycles. The molecule has 4 heteroatoms. The summed E-state index contributed by atoms with van der Waals surface area (Å²) in [4.78, 5) is 18.6. The van der Waals surface area contributed by atoms with E-state index in [1.165, 1.54) is 6.20 Å². The standard InChI is InChI=1S/C14H16N2O2/c1-10(2)13-15-8-12(14(17)16-13)18-9-11-6-4-3-5-7-11/h3-8,10H,9H2,1-2H3,(H,15,16,17). The van der Waals surface area contributed by atoms with Gasteiger partial charge in [-0.15, -0.1) is 0 Å². The van der Waals surface area contributed by atoms with Crippen molar-refractivity contribution >= 4 is 0 Å². The molecule has 0 aliphatic carbocycles. The Kier molecular flexibility index (Phi) is 3.77. The summed E-state index contributed by atoms with van der Waals surface area (Å²) in [6.45, 7) is 4.32. The molecule has 1 aromatic heterocycles. The quantitative estimate of drug-likeness (QED) is 0.898. The molecule has 0 spiro atoms. The van der Waals surface area contributed by atoms with Crippen molar-refractivity contribution in [2.75, 3.05) is 0 Å². The van der Waals surface area contributed by atoms with Crippen molar-refractivity contribution in [2.45, 2.75) is 26.4 Å². The first kappa shape index (κ1) is 12.4. The first-order valence-electron chi connectivity index (χ1n) is 5.93. The van der Waals surface area contributed by atoms with Crippen LogP contribution in [0.5, 0.6) is 5.75 Å². The highest BCUT2D eigenvalue weighted by Crippen LogP contribution is 2.09. The number of aromatic amines is 1. The summed E-state index contributed by atoms with van der Waals surface area (Å²) in [6.07, 6.45) is 1.48. The molecule has 0 atom stereocenters. The van der Waals surface area contributed by atoms with Crippen molar-refractivity contribution in [1.29, 1.82) is 0 Å². The Bertz CT molecular complexity index is 562. The fraction of sp³-hybridized carbons (Fsp3) is 0.286. The number of rotatable bonds is 4. The summed E-state index contributed by atoms with van der Waals surface area (Å²) in [7, 11) is 0. The fourth-order valence-corrected chi connectivity index (χ4v) is 1.53. The topological polar surface area (TPSA) is 55.0 Å². The van der Waals surface area contributed by atoms with Crippen LogP contribution in [0, 0.1) is 0 Å². The average molecular weight is 244 g/mol. The maximum absolute atomic E-state index is 11.7. The molecule has 4 nitrogen and oxygen atoms in total. The fourth-order valence-electron chi connectivity index (χ4n) is 1.53. The summed E-state index contributed by atoms with van der Waals surface area (Å²) in [5.41, 5.74) is 0.787. The van der Waals surface area contributed by atoms with Gasteiger partial charge in [-0.2, -0.15) is 0 Å². The summed E-state index contributed by atoms with van der Waals surface area (Å²) in [6, 6.07) is 9.70. The van der Waals surface area contributed by atoms with Crippen LogP contribution in [-0.2, 0) is 6.61 Å². The van der Waals surface area contributed by atoms with E-state index in [1.54, 1.807) is 0 Å². The summed E-state index contributed by atoms with van der Waals surface area (Å²) >= 11 is 0. The number of H-pyrrole nitrogens is 1. The number of aromatic nitrogens is 2. The summed E-state index contributed by atoms with van der Waals surface area (Å²) in [5, 5.41) is 0. The predicted octanol–water partition coefficient (Wildman–Crippen LogP) is 2.47. The van der Waals surface area contributed by atoms with Crippen molar-refractivity contribution in [3.8, 4) is 5.75 Å². The van der Waals surface area contributed by atoms with E-state index in [2.05, 4.69) is 9.97 Å². The minimum atomic E-state index is -0.232. The third kappa shape index (κ3) is 2.97. The number of hydrogen-bond acceptors (Lipinski definition) is 3. The van der Waals surface area contributed by atoms with E-state index in [9.17, 15) is 4.79 Å². The molecular formula is C14H16N2O2. The van der Waals surface area contributed by atoms with Gasteiger partial charge in [0.2, 0.25) is 5.75 Å². The Hall–Kier alpha value is -2.10. The molecule has 0 fully saturated rings. The van der Waals surface area contributed by atoms with E-state index in [0.29, 0.717) is 12.4 Å². The van der Waals surface area contributed by atoms with Crippen LogP contribution in [0.25, 0.3) is 0 Å². The Balaban J connectivity index is 2.09. The number of ether oxygens (including phenoxy) is 1. The van der Waals surface area contributed by atoms with Gasteiger partial charge in [0.05, 0.1) is 6.20 Å². The highest BCUT2D eigenvalue weighted by molar-refractivity contribution is 5.17. The molecule has 0 aliphatic rings. The van der Waals surface area contributed by atoms with E-state index in [0.717, 1.165) is 5.56 Å². The van der Waals surface area contributed by atoms with Crippen LogP contribution in [0.1, 0.15) is 31.2 Å². The van der Waals surface area contributed by atoms with Crippen molar-refractivity contribution in [3.05, 3.63) is 58.3 Å². The molecule has 2 aromatic rings. The van der Waals surface area contributed by atoms with E-state index in [1.807, 2.05) is 44.2 Å². The van der Waals surface area contributed by atoms with Gasteiger partial charge >= 0.3 is 0 Å². The maximum atomic E-state index is 11.7. The zero-order valence-electron chi connectivity index (χ0n) is 10.5. The average Bonchev–Trinajstić information content (AvgIpc) is 2.38. The van der Waals surface area contributed by atoms with Gasteiger partial charge in [-0.1, -0.05) is 44.2 Å². The van der Waals surface area contributed by atoms with Crippen LogP contribution < -0.4 is 10.3 Å². The van der Waals surface area contributed by atoms with Gasteiger partial charge in [-0.25, -0.2) is 4.98 Å². The van der Waals surface area contributed by atoms with Crippen molar-refractivity contribution in [1.82, 2.24) is 9.97 Å². The largest absolute Gasteiger partial charge is 0.482 e. The summed E-state index contributed by atoms with van der Waals surface area (Å²) < 4.78 is 5.45. The minimum Gasteiger partial charge on any atom is -0.482 e. The maximum Gasteiger partial charge on any atom is 0.293 e. The number of hydrogen-bond donors (Lipinski definition) is 1. The highest BCUT2D eigenvalue weighted by atomic mass is 16.5. The molecule has 0 amide bonds. The van der Waals surface area contributed by atoms with Crippen LogP contribution >= 0.6 is 0 Å². The monoisotopic (exact) mass is 244 g/mol. The first-order chi connectivity index (χ1) is 8.66. The summed E-state index contributed by atoms with van der Waals surface area (Å²) in [5.74, 6) is 1.12. The van der Waals surface area contributed by atoms with Crippen LogP contribution in [0.3, 0.4) is 0 Å². The molecular weight excluding hydrogens is 228 g/mol. The van der Waals surface area contributed by atoms with Crippen LogP contribution in [0.2, 0.25) is 0 Å². The molecule has 0 saturated heterocycles. The van der Waals surface area contributed by atoms with Gasteiger partial charge in [-0.3, -0.25) is 4.79 Å². The molecule has 0 radical (unpaired) electrons.